The molecule has 0 aliphatic heterocycles. The van der Waals surface area contributed by atoms with Crippen LogP contribution in [0, 0.1) is 12.7 Å². The molecule has 0 aliphatic carbocycles. The molecular formula is C16H13BrFNO3. The number of anilines is 1. The number of aldehydes is 1. The summed E-state index contributed by atoms with van der Waals surface area (Å²) in [6, 6.07) is 9.30. The van der Waals surface area contributed by atoms with Crippen molar-refractivity contribution in [3.05, 3.63) is 57.8 Å². The summed E-state index contributed by atoms with van der Waals surface area (Å²) < 4.78 is 19.4. The minimum absolute atomic E-state index is 0.280. The molecule has 0 spiro atoms. The quantitative estimate of drug-likeness (QED) is 0.821. The van der Waals surface area contributed by atoms with Gasteiger partial charge in [-0.3, -0.25) is 9.59 Å². The maximum absolute atomic E-state index is 13.4. The maximum atomic E-state index is 13.4. The number of carbonyl (C=O) groups excluding carboxylic acids is 2. The molecule has 0 bridgehead atoms. The first-order chi connectivity index (χ1) is 10.5. The molecule has 0 atom stereocenters. The Kier molecular flexibility index (Phi) is 5.27. The molecule has 6 heteroatoms. The highest BCUT2D eigenvalue weighted by Gasteiger charge is 2.08. The van der Waals surface area contributed by atoms with Crippen molar-refractivity contribution in [3.63, 3.8) is 0 Å². The van der Waals surface area contributed by atoms with E-state index >= 15 is 0 Å². The lowest BCUT2D eigenvalue weighted by atomic mass is 10.2. The van der Waals surface area contributed by atoms with Gasteiger partial charge in [0, 0.05) is 10.2 Å². The molecule has 0 heterocycles. The van der Waals surface area contributed by atoms with Crippen LogP contribution < -0.4 is 10.1 Å². The van der Waals surface area contributed by atoms with Crippen LogP contribution in [0.15, 0.2) is 40.9 Å². The van der Waals surface area contributed by atoms with Gasteiger partial charge in [-0.1, -0.05) is 22.0 Å². The normalized spacial score (nSPS) is 10.1. The Morgan fingerprint density at radius 1 is 1.32 bits per heavy atom. The van der Waals surface area contributed by atoms with Gasteiger partial charge in [0.05, 0.1) is 5.56 Å². The SMILES string of the molecule is Cc1ccc(NC(=O)COc2ccc(Br)cc2C=O)cc1F. The van der Waals surface area contributed by atoms with Gasteiger partial charge < -0.3 is 10.1 Å². The number of halogens is 2. The van der Waals surface area contributed by atoms with E-state index in [0.29, 0.717) is 28.8 Å². The second-order valence-corrected chi connectivity index (χ2v) is 5.52. The van der Waals surface area contributed by atoms with Crippen LogP contribution in [-0.4, -0.2) is 18.8 Å². The summed E-state index contributed by atoms with van der Waals surface area (Å²) in [7, 11) is 0. The van der Waals surface area contributed by atoms with E-state index in [-0.39, 0.29) is 6.61 Å². The van der Waals surface area contributed by atoms with Crippen molar-refractivity contribution >= 4 is 33.8 Å². The van der Waals surface area contributed by atoms with Crippen LogP contribution >= 0.6 is 15.9 Å². The fourth-order valence-electron chi connectivity index (χ4n) is 1.75. The Labute approximate surface area is 135 Å². The van der Waals surface area contributed by atoms with Gasteiger partial charge in [-0.25, -0.2) is 4.39 Å². The highest BCUT2D eigenvalue weighted by molar-refractivity contribution is 9.10. The van der Waals surface area contributed by atoms with Crippen molar-refractivity contribution in [2.24, 2.45) is 0 Å². The van der Waals surface area contributed by atoms with Gasteiger partial charge in [-0.05, 0) is 42.8 Å². The Morgan fingerprint density at radius 3 is 2.77 bits per heavy atom. The number of nitrogens with one attached hydrogen (secondary N) is 1. The first-order valence-corrected chi connectivity index (χ1v) is 7.22. The molecule has 0 fully saturated rings. The molecule has 22 heavy (non-hydrogen) atoms. The molecule has 114 valence electrons. The molecule has 1 amide bonds. The second kappa shape index (κ2) is 7.17. The Hall–Kier alpha value is -2.21. The number of rotatable bonds is 5. The van der Waals surface area contributed by atoms with E-state index in [9.17, 15) is 14.0 Å². The van der Waals surface area contributed by atoms with E-state index in [1.54, 1.807) is 37.3 Å². The molecular weight excluding hydrogens is 353 g/mol. The number of hydrogen-bond acceptors (Lipinski definition) is 3. The van der Waals surface area contributed by atoms with E-state index in [4.69, 9.17) is 4.74 Å². The Bertz CT molecular complexity index is 719. The van der Waals surface area contributed by atoms with E-state index < -0.39 is 11.7 Å². The summed E-state index contributed by atoms with van der Waals surface area (Å²) in [4.78, 5) is 22.7. The predicted molar refractivity (Wildman–Crippen MR) is 84.8 cm³/mol. The van der Waals surface area contributed by atoms with Crippen LogP contribution in [0.1, 0.15) is 15.9 Å². The zero-order valence-electron chi connectivity index (χ0n) is 11.7. The molecule has 2 aromatic carbocycles. The van der Waals surface area contributed by atoms with Crippen molar-refractivity contribution in [2.75, 3.05) is 11.9 Å². The highest BCUT2D eigenvalue weighted by Crippen LogP contribution is 2.21. The Morgan fingerprint density at radius 2 is 2.09 bits per heavy atom. The second-order valence-electron chi connectivity index (χ2n) is 4.60. The van der Waals surface area contributed by atoms with Gasteiger partial charge >= 0.3 is 0 Å². The number of amides is 1. The number of hydrogen-bond donors (Lipinski definition) is 1. The highest BCUT2D eigenvalue weighted by atomic mass is 79.9. The minimum Gasteiger partial charge on any atom is -0.483 e. The molecule has 0 radical (unpaired) electrons. The van der Waals surface area contributed by atoms with Crippen molar-refractivity contribution in [1.82, 2.24) is 0 Å². The summed E-state index contributed by atoms with van der Waals surface area (Å²) in [6.45, 7) is 1.36. The molecule has 0 aliphatic rings. The number of carbonyl (C=O) groups is 2. The number of aryl methyl sites for hydroxylation is 1. The van der Waals surface area contributed by atoms with Crippen molar-refractivity contribution in [1.29, 1.82) is 0 Å². The zero-order valence-corrected chi connectivity index (χ0v) is 13.3. The third-order valence-electron chi connectivity index (χ3n) is 2.91. The van der Waals surface area contributed by atoms with Crippen LogP contribution in [-0.2, 0) is 4.79 Å². The summed E-state index contributed by atoms with van der Waals surface area (Å²) in [5.74, 6) is -0.527. The predicted octanol–water partition coefficient (Wildman–Crippen LogP) is 3.73. The lowest BCUT2D eigenvalue weighted by Gasteiger charge is -2.10. The fraction of sp³-hybridized carbons (Fsp3) is 0.125. The van der Waals surface area contributed by atoms with Gasteiger partial charge in [0.2, 0.25) is 0 Å². The standard InChI is InChI=1S/C16H13BrFNO3/c1-10-2-4-13(7-14(10)18)19-16(21)9-22-15-5-3-12(17)6-11(15)8-20/h2-8H,9H2,1H3,(H,19,21). The van der Waals surface area contributed by atoms with E-state index in [0.717, 1.165) is 4.47 Å². The van der Waals surface area contributed by atoms with Gasteiger partial charge in [0.15, 0.2) is 12.9 Å². The van der Waals surface area contributed by atoms with Gasteiger partial charge in [0.25, 0.3) is 5.91 Å². The topological polar surface area (TPSA) is 55.4 Å². The van der Waals surface area contributed by atoms with Crippen LogP contribution in [0.4, 0.5) is 10.1 Å². The lowest BCUT2D eigenvalue weighted by Crippen LogP contribution is -2.20. The Balaban J connectivity index is 1.98. The van der Waals surface area contributed by atoms with Crippen LogP contribution in [0.3, 0.4) is 0 Å². The van der Waals surface area contributed by atoms with Crippen molar-refractivity contribution in [3.8, 4) is 5.75 Å². The summed E-state index contributed by atoms with van der Waals surface area (Å²) in [5, 5.41) is 2.53. The van der Waals surface area contributed by atoms with E-state index in [1.807, 2.05) is 0 Å². The first-order valence-electron chi connectivity index (χ1n) is 6.43. The van der Waals surface area contributed by atoms with Crippen molar-refractivity contribution < 1.29 is 18.7 Å². The molecule has 0 unspecified atom stereocenters. The maximum Gasteiger partial charge on any atom is 0.262 e. The zero-order chi connectivity index (χ0) is 16.1. The lowest BCUT2D eigenvalue weighted by molar-refractivity contribution is -0.118. The number of ether oxygens (including phenoxy) is 1. The smallest absolute Gasteiger partial charge is 0.262 e. The van der Waals surface area contributed by atoms with Crippen LogP contribution in [0.25, 0.3) is 0 Å². The fourth-order valence-corrected chi connectivity index (χ4v) is 2.13. The monoisotopic (exact) mass is 365 g/mol. The molecule has 2 rings (SSSR count). The molecule has 0 saturated carbocycles. The summed E-state index contributed by atoms with van der Waals surface area (Å²) in [6.07, 6.45) is 0.646. The van der Waals surface area contributed by atoms with Crippen LogP contribution in [0.5, 0.6) is 5.75 Å². The summed E-state index contributed by atoms with van der Waals surface area (Å²) >= 11 is 3.24. The third kappa shape index (κ3) is 4.14. The van der Waals surface area contributed by atoms with Gasteiger partial charge in [0.1, 0.15) is 11.6 Å². The number of benzene rings is 2. The molecule has 0 saturated heterocycles. The minimum atomic E-state index is -0.442. The molecule has 0 aromatic heterocycles. The van der Waals surface area contributed by atoms with Crippen LogP contribution in [0.2, 0.25) is 0 Å². The average Bonchev–Trinajstić information content (AvgIpc) is 2.49. The third-order valence-corrected chi connectivity index (χ3v) is 3.41. The molecule has 2 aromatic rings. The van der Waals surface area contributed by atoms with Crippen molar-refractivity contribution in [2.45, 2.75) is 6.92 Å². The molecule has 4 nitrogen and oxygen atoms in total. The molecule has 1 N–H and O–H groups in total. The summed E-state index contributed by atoms with van der Waals surface area (Å²) in [5.41, 5.74) is 1.19. The van der Waals surface area contributed by atoms with E-state index in [2.05, 4.69) is 21.2 Å². The van der Waals surface area contributed by atoms with E-state index in [1.165, 1.54) is 6.07 Å². The van der Waals surface area contributed by atoms with Gasteiger partial charge in [-0.15, -0.1) is 0 Å². The first kappa shape index (κ1) is 16.2. The average molecular weight is 366 g/mol. The van der Waals surface area contributed by atoms with Gasteiger partial charge in [-0.2, -0.15) is 0 Å². The largest absolute Gasteiger partial charge is 0.483 e.